The van der Waals surface area contributed by atoms with E-state index in [1.54, 1.807) is 0 Å². The summed E-state index contributed by atoms with van der Waals surface area (Å²) in [7, 11) is 0. The van der Waals surface area contributed by atoms with Gasteiger partial charge in [-0.05, 0) is 0 Å². The number of nitrogens with two attached hydrogens (primary N) is 4. The van der Waals surface area contributed by atoms with Gasteiger partial charge in [0.2, 0.25) is 0 Å². The summed E-state index contributed by atoms with van der Waals surface area (Å²) in [6.07, 6.45) is 0. The third kappa shape index (κ3) is 1650. The number of nitrogens with zero attached hydrogens (tertiary/aromatic N) is 4. The Balaban J connectivity index is -0.0000000176. The summed E-state index contributed by atoms with van der Waals surface area (Å²) >= 11 is 14.8. The van der Waals surface area contributed by atoms with Gasteiger partial charge in [-0.25, -0.2) is 21.0 Å². The fraction of sp³-hybridized carbons (Fsp3) is 0.500. The SMILES string of the molecule is N#C[S-].N#C[S-].N#C[S-].N#C[S-].NCCN.NCCN.[Hg+2].[Ni+2]. The Morgan fingerprint density at radius 3 is 0.591 bits per heavy atom. The topological polar surface area (TPSA) is 199 Å². The molecule has 0 bridgehead atoms. The van der Waals surface area contributed by atoms with Crippen LogP contribution < -0.4 is 22.9 Å². The van der Waals surface area contributed by atoms with Crippen LogP contribution in [0.5, 0.6) is 0 Å². The molecule has 0 amide bonds. The van der Waals surface area contributed by atoms with Gasteiger partial charge in [-0.2, -0.15) is 0 Å². The van der Waals surface area contributed by atoms with E-state index in [9.17, 15) is 0 Å². The number of thiocyanates is 4. The van der Waals surface area contributed by atoms with E-state index in [0.717, 1.165) is 0 Å². The van der Waals surface area contributed by atoms with Gasteiger partial charge in [-0.3, -0.25) is 0 Å². The summed E-state index contributed by atoms with van der Waals surface area (Å²) in [5, 5.41) is 33.9. The molecule has 0 aromatic carbocycles. The van der Waals surface area contributed by atoms with Gasteiger partial charge in [-0.1, -0.05) is 21.6 Å². The first-order valence-electron chi connectivity index (χ1n) is 4.34. The van der Waals surface area contributed by atoms with E-state index in [4.69, 9.17) is 44.0 Å². The van der Waals surface area contributed by atoms with Crippen molar-refractivity contribution in [1.29, 1.82) is 21.0 Å². The predicted octanol–water partition coefficient (Wildman–Crippen LogP) is -2.14. The van der Waals surface area contributed by atoms with Crippen molar-refractivity contribution in [3.8, 4) is 21.6 Å². The Morgan fingerprint density at radius 2 is 0.591 bits per heavy atom. The summed E-state index contributed by atoms with van der Waals surface area (Å²) in [5.41, 5.74) is 19.6. The van der Waals surface area contributed by atoms with Gasteiger partial charge in [0, 0.05) is 26.2 Å². The fourth-order valence-electron chi connectivity index (χ4n) is 0. The second-order valence-electron chi connectivity index (χ2n) is 1.52. The minimum Gasteiger partial charge on any atom is -0.696 e. The third-order valence-electron chi connectivity index (χ3n) is 0.333. The van der Waals surface area contributed by atoms with Crippen LogP contribution >= 0.6 is 0 Å². The van der Waals surface area contributed by atoms with Crippen molar-refractivity contribution in [1.82, 2.24) is 0 Å². The molecule has 0 aliphatic heterocycles. The van der Waals surface area contributed by atoms with Gasteiger partial charge in [0.25, 0.3) is 0 Å². The molecule has 0 fully saturated rings. The largest absolute Gasteiger partial charge is 2.00 e. The molecule has 0 saturated carbocycles. The second-order valence-corrected chi connectivity index (χ2v) is 2.25. The Labute approximate surface area is 185 Å². The summed E-state index contributed by atoms with van der Waals surface area (Å²) in [4.78, 5) is 0. The van der Waals surface area contributed by atoms with Crippen molar-refractivity contribution in [2.45, 2.75) is 0 Å². The van der Waals surface area contributed by atoms with Crippen LogP contribution in [-0.4, -0.2) is 26.2 Å². The van der Waals surface area contributed by atoms with E-state index in [1.807, 2.05) is 0 Å². The smallest absolute Gasteiger partial charge is 0.696 e. The number of hydrogen-bond acceptors (Lipinski definition) is 12. The molecule has 0 unspecified atom stereocenters. The van der Waals surface area contributed by atoms with Crippen molar-refractivity contribution in [3.63, 3.8) is 0 Å². The molecular formula is C8H16HgN8NiS4. The van der Waals surface area contributed by atoms with Gasteiger partial charge in [-0.15, -0.1) is 0 Å². The van der Waals surface area contributed by atoms with E-state index in [1.165, 1.54) is 21.6 Å². The van der Waals surface area contributed by atoms with Gasteiger partial charge in [0.15, 0.2) is 0 Å². The van der Waals surface area contributed by atoms with E-state index < -0.39 is 0 Å². The Morgan fingerprint density at radius 1 is 0.545 bits per heavy atom. The van der Waals surface area contributed by atoms with Crippen LogP contribution in [0.4, 0.5) is 0 Å². The fourth-order valence-corrected chi connectivity index (χ4v) is 0. The second kappa shape index (κ2) is 130. The van der Waals surface area contributed by atoms with Gasteiger partial charge in [0.05, 0.1) is 0 Å². The number of nitriles is 4. The van der Waals surface area contributed by atoms with Gasteiger partial charge < -0.3 is 73.4 Å². The van der Waals surface area contributed by atoms with Crippen LogP contribution in [0.25, 0.3) is 0 Å². The van der Waals surface area contributed by atoms with E-state index >= 15 is 0 Å². The van der Waals surface area contributed by atoms with Crippen molar-refractivity contribution in [2.24, 2.45) is 22.9 Å². The van der Waals surface area contributed by atoms with Crippen LogP contribution in [0.3, 0.4) is 0 Å². The van der Waals surface area contributed by atoms with Gasteiger partial charge >= 0.3 is 44.2 Å². The average molecular weight is 612 g/mol. The summed E-state index contributed by atoms with van der Waals surface area (Å²) in [6.45, 7) is 2.39. The van der Waals surface area contributed by atoms with Gasteiger partial charge in [0.1, 0.15) is 0 Å². The molecule has 0 heterocycles. The molecule has 8 nitrogen and oxygen atoms in total. The molecule has 0 rings (SSSR count). The molecular weight excluding hydrogens is 596 g/mol. The first-order chi connectivity index (χ1) is 9.49. The predicted molar refractivity (Wildman–Crippen MR) is 88.1 cm³/mol. The standard InChI is InChI=1S/2C2H8N2.4CHNS.Hg.Ni/c2*3-1-2-4;4*2-1-3;;/h2*1-4H2;4*3H;;/q;;;;;;2*+2/p-4. The molecule has 0 spiro atoms. The van der Waals surface area contributed by atoms with Crippen molar-refractivity contribution < 1.29 is 44.2 Å². The van der Waals surface area contributed by atoms with Crippen LogP contribution in [-0.2, 0) is 94.7 Å². The maximum absolute atomic E-state index is 7.13. The minimum atomic E-state index is 0. The quantitative estimate of drug-likeness (QED) is 0.150. The maximum atomic E-state index is 7.13. The van der Waals surface area contributed by atoms with Crippen molar-refractivity contribution >= 4 is 50.5 Å². The normalized spacial score (nSPS) is 4.00. The first kappa shape index (κ1) is 49.5. The van der Waals surface area contributed by atoms with Crippen molar-refractivity contribution in [2.75, 3.05) is 26.2 Å². The molecule has 0 aliphatic rings. The van der Waals surface area contributed by atoms with Crippen LogP contribution in [0.15, 0.2) is 0 Å². The Bertz CT molecular complexity index is 217. The molecule has 0 aromatic rings. The third-order valence-corrected chi connectivity index (χ3v) is 0.333. The zero-order valence-corrected chi connectivity index (χ0v) is 21.3. The van der Waals surface area contributed by atoms with Crippen LogP contribution in [0.1, 0.15) is 0 Å². The molecule has 0 saturated heterocycles. The molecule has 0 aliphatic carbocycles. The Kier molecular flexibility index (Phi) is 292. The molecule has 14 heteroatoms. The molecule has 22 heavy (non-hydrogen) atoms. The van der Waals surface area contributed by atoms with E-state index in [0.29, 0.717) is 26.2 Å². The monoisotopic (exact) mass is 612 g/mol. The Hall–Kier alpha value is 0.109. The molecule has 0 aromatic heterocycles. The zero-order valence-electron chi connectivity index (χ0n) is 11.6. The zero-order chi connectivity index (χ0) is 17.7. The van der Waals surface area contributed by atoms with E-state index in [-0.39, 0.29) is 44.2 Å². The van der Waals surface area contributed by atoms with E-state index in [2.05, 4.69) is 50.5 Å². The van der Waals surface area contributed by atoms with Crippen molar-refractivity contribution in [3.05, 3.63) is 0 Å². The summed E-state index contributed by atoms with van der Waals surface area (Å²) < 4.78 is 0. The number of hydrogen-bond donors (Lipinski definition) is 4. The van der Waals surface area contributed by atoms with Crippen LogP contribution in [0.2, 0.25) is 0 Å². The number of rotatable bonds is 2. The summed E-state index contributed by atoms with van der Waals surface area (Å²) in [5.74, 6) is 0. The maximum Gasteiger partial charge on any atom is 2.00 e. The minimum absolute atomic E-state index is 0. The average Bonchev–Trinajstić information content (AvgIpc) is 2.42. The summed E-state index contributed by atoms with van der Waals surface area (Å²) in [6, 6.07) is 0. The molecule has 8 N–H and O–H groups in total. The molecule has 0 radical (unpaired) electrons. The first-order valence-corrected chi connectivity index (χ1v) is 5.98. The molecule has 0 atom stereocenters. The van der Waals surface area contributed by atoms with Crippen LogP contribution in [0, 0.1) is 42.7 Å². The molecule has 124 valence electrons.